The Labute approximate surface area is 158 Å². The minimum absolute atomic E-state index is 0.123. The molecule has 146 valence electrons. The second kappa shape index (κ2) is 8.93. The van der Waals surface area contributed by atoms with Crippen molar-refractivity contribution in [2.24, 2.45) is 0 Å². The van der Waals surface area contributed by atoms with Gasteiger partial charge in [0.05, 0.1) is 6.04 Å². The van der Waals surface area contributed by atoms with Crippen molar-refractivity contribution < 1.29 is 25.5 Å². The number of nitrogens with one attached hydrogen (secondary N) is 1. The van der Waals surface area contributed by atoms with Crippen molar-refractivity contribution in [2.75, 3.05) is 6.54 Å². The fraction of sp³-hybridized carbons (Fsp3) is 0.429. The lowest BCUT2D eigenvalue weighted by molar-refractivity contribution is -0.190. The van der Waals surface area contributed by atoms with E-state index < -0.39 is 36.6 Å². The van der Waals surface area contributed by atoms with E-state index in [-0.39, 0.29) is 5.92 Å². The third kappa shape index (κ3) is 4.38. The highest BCUT2D eigenvalue weighted by molar-refractivity contribution is 5.32. The summed E-state index contributed by atoms with van der Waals surface area (Å²) in [5.74, 6) is 0.123. The Morgan fingerprint density at radius 2 is 1.04 bits per heavy atom. The molecule has 0 bridgehead atoms. The number of benzene rings is 2. The van der Waals surface area contributed by atoms with Gasteiger partial charge in [-0.3, -0.25) is 0 Å². The molecular weight excluding hydrogens is 346 g/mol. The van der Waals surface area contributed by atoms with Crippen LogP contribution in [0, 0.1) is 0 Å². The molecule has 0 amide bonds. The summed E-state index contributed by atoms with van der Waals surface area (Å²) in [5.41, 5.74) is 2.32. The van der Waals surface area contributed by atoms with Crippen LogP contribution in [0.4, 0.5) is 0 Å². The summed E-state index contributed by atoms with van der Waals surface area (Å²) >= 11 is 0. The molecule has 6 nitrogen and oxygen atoms in total. The fourth-order valence-electron chi connectivity index (χ4n) is 3.77. The lowest BCUT2D eigenvalue weighted by Gasteiger charge is -2.42. The van der Waals surface area contributed by atoms with Gasteiger partial charge in [0, 0.05) is 5.92 Å². The normalized spacial score (nSPS) is 31.2. The van der Waals surface area contributed by atoms with Crippen LogP contribution in [0.3, 0.4) is 0 Å². The van der Waals surface area contributed by atoms with Gasteiger partial charge in [-0.25, -0.2) is 0 Å². The van der Waals surface area contributed by atoms with Gasteiger partial charge in [0.2, 0.25) is 0 Å². The van der Waals surface area contributed by atoms with Crippen LogP contribution in [0.5, 0.6) is 0 Å². The molecule has 6 atom stereocenters. The topological polar surface area (TPSA) is 113 Å². The van der Waals surface area contributed by atoms with E-state index in [1.165, 1.54) is 0 Å². The average Bonchev–Trinajstić information content (AvgIpc) is 2.71. The number of aliphatic hydroxyl groups excluding tert-OH is 5. The van der Waals surface area contributed by atoms with Crippen LogP contribution < -0.4 is 5.32 Å². The van der Waals surface area contributed by atoms with Crippen LogP contribution in [0.15, 0.2) is 60.7 Å². The van der Waals surface area contributed by atoms with Crippen molar-refractivity contribution in [3.05, 3.63) is 71.8 Å². The molecule has 6 heteroatoms. The largest absolute Gasteiger partial charge is 0.389 e. The third-order valence-corrected chi connectivity index (χ3v) is 5.35. The smallest absolute Gasteiger partial charge is 0.111 e. The van der Waals surface area contributed by atoms with Gasteiger partial charge in [-0.05, 0) is 24.1 Å². The standard InChI is InChI=1S/C21H27NO5/c23-17-16(18(24)20(26)21(27)19(17)25)22-12-11-15(13-7-3-1-4-8-13)14-9-5-2-6-10-14/h1-10,15-27H,11-12H2/t16?,17-,18+,19+,20-,21?. The zero-order valence-corrected chi connectivity index (χ0v) is 15.0. The van der Waals surface area contributed by atoms with Crippen molar-refractivity contribution in [1.82, 2.24) is 5.32 Å². The first-order chi connectivity index (χ1) is 13.0. The predicted molar refractivity (Wildman–Crippen MR) is 101 cm³/mol. The first-order valence-electron chi connectivity index (χ1n) is 9.24. The Kier molecular flexibility index (Phi) is 6.59. The van der Waals surface area contributed by atoms with Crippen LogP contribution >= 0.6 is 0 Å². The second-order valence-electron chi connectivity index (χ2n) is 7.10. The quantitative estimate of drug-likeness (QED) is 0.425. The van der Waals surface area contributed by atoms with Crippen molar-refractivity contribution in [3.63, 3.8) is 0 Å². The molecule has 0 saturated heterocycles. The fourth-order valence-corrected chi connectivity index (χ4v) is 3.77. The summed E-state index contributed by atoms with van der Waals surface area (Å²) in [4.78, 5) is 0. The van der Waals surface area contributed by atoms with E-state index in [4.69, 9.17) is 0 Å². The maximum atomic E-state index is 10.2. The summed E-state index contributed by atoms with van der Waals surface area (Å²) in [6, 6.07) is 19.2. The van der Waals surface area contributed by atoms with Gasteiger partial charge in [-0.1, -0.05) is 60.7 Å². The van der Waals surface area contributed by atoms with Crippen molar-refractivity contribution in [2.45, 2.75) is 48.9 Å². The molecule has 2 aromatic carbocycles. The predicted octanol–water partition coefficient (Wildman–Crippen LogP) is -0.0151. The van der Waals surface area contributed by atoms with Crippen LogP contribution in [0.25, 0.3) is 0 Å². The van der Waals surface area contributed by atoms with Gasteiger partial charge in [0.15, 0.2) is 0 Å². The van der Waals surface area contributed by atoms with Crippen molar-refractivity contribution >= 4 is 0 Å². The summed E-state index contributed by atoms with van der Waals surface area (Å²) in [7, 11) is 0. The molecule has 1 fully saturated rings. The highest BCUT2D eigenvalue weighted by Gasteiger charge is 2.47. The molecule has 1 aliphatic carbocycles. The maximum absolute atomic E-state index is 10.2. The average molecular weight is 373 g/mol. The second-order valence-corrected chi connectivity index (χ2v) is 7.10. The number of aliphatic hydroxyl groups is 5. The molecule has 0 radical (unpaired) electrons. The van der Waals surface area contributed by atoms with E-state index in [0.29, 0.717) is 13.0 Å². The van der Waals surface area contributed by atoms with Crippen molar-refractivity contribution in [3.8, 4) is 0 Å². The van der Waals surface area contributed by atoms with E-state index >= 15 is 0 Å². The minimum atomic E-state index is -1.57. The molecule has 1 saturated carbocycles. The van der Waals surface area contributed by atoms with Crippen LogP contribution in [0.2, 0.25) is 0 Å². The van der Waals surface area contributed by atoms with Gasteiger partial charge in [0.1, 0.15) is 30.5 Å². The van der Waals surface area contributed by atoms with E-state index in [2.05, 4.69) is 29.6 Å². The lowest BCUT2D eigenvalue weighted by atomic mass is 9.82. The summed E-state index contributed by atoms with van der Waals surface area (Å²) in [5, 5.41) is 52.7. The summed E-state index contributed by atoms with van der Waals surface area (Å²) < 4.78 is 0. The highest BCUT2D eigenvalue weighted by Crippen LogP contribution is 2.28. The number of hydrogen-bond donors (Lipinski definition) is 6. The van der Waals surface area contributed by atoms with Gasteiger partial charge in [0.25, 0.3) is 0 Å². The molecule has 0 heterocycles. The molecule has 2 unspecified atom stereocenters. The van der Waals surface area contributed by atoms with Crippen LogP contribution in [-0.2, 0) is 0 Å². The first-order valence-corrected chi connectivity index (χ1v) is 9.24. The van der Waals surface area contributed by atoms with Crippen LogP contribution in [-0.4, -0.2) is 68.6 Å². The molecule has 0 spiro atoms. The monoisotopic (exact) mass is 373 g/mol. The Bertz CT molecular complexity index is 643. The SMILES string of the molecule is OC1[C@@H](O)[C@H](O)C(NCCC(c2ccccc2)c2ccccc2)[C@H](O)[C@H]1O. The Morgan fingerprint density at radius 1 is 0.630 bits per heavy atom. The van der Waals surface area contributed by atoms with E-state index in [0.717, 1.165) is 11.1 Å². The molecule has 1 aliphatic rings. The van der Waals surface area contributed by atoms with E-state index in [1.54, 1.807) is 0 Å². The Balaban J connectivity index is 1.69. The minimum Gasteiger partial charge on any atom is -0.389 e. The Morgan fingerprint density at radius 3 is 1.48 bits per heavy atom. The van der Waals surface area contributed by atoms with Gasteiger partial charge >= 0.3 is 0 Å². The zero-order chi connectivity index (χ0) is 19.4. The highest BCUT2D eigenvalue weighted by atomic mass is 16.4. The van der Waals surface area contributed by atoms with Crippen LogP contribution in [0.1, 0.15) is 23.5 Å². The molecular formula is C21H27NO5. The molecule has 27 heavy (non-hydrogen) atoms. The third-order valence-electron chi connectivity index (χ3n) is 5.35. The van der Waals surface area contributed by atoms with E-state index in [1.807, 2.05) is 36.4 Å². The molecule has 3 rings (SSSR count). The molecule has 2 aromatic rings. The van der Waals surface area contributed by atoms with Crippen molar-refractivity contribution in [1.29, 1.82) is 0 Å². The molecule has 0 aromatic heterocycles. The molecule has 6 N–H and O–H groups in total. The number of rotatable bonds is 6. The van der Waals surface area contributed by atoms with E-state index in [9.17, 15) is 25.5 Å². The Hall–Kier alpha value is -1.80. The summed E-state index contributed by atoms with van der Waals surface area (Å²) in [6.07, 6.45) is -6.65. The zero-order valence-electron chi connectivity index (χ0n) is 15.0. The van der Waals surface area contributed by atoms with Gasteiger partial charge in [-0.15, -0.1) is 0 Å². The van der Waals surface area contributed by atoms with Gasteiger partial charge < -0.3 is 30.8 Å². The van der Waals surface area contributed by atoms with Gasteiger partial charge in [-0.2, -0.15) is 0 Å². The lowest BCUT2D eigenvalue weighted by Crippen LogP contribution is -2.67. The summed E-state index contributed by atoms with van der Waals surface area (Å²) in [6.45, 7) is 0.447. The number of hydrogen-bond acceptors (Lipinski definition) is 6. The first kappa shape index (κ1) is 19.9. The molecule has 0 aliphatic heterocycles. The maximum Gasteiger partial charge on any atom is 0.111 e.